The molecule has 7 heteroatoms. The molecule has 0 amide bonds. The van der Waals surface area contributed by atoms with Gasteiger partial charge in [-0.15, -0.1) is 22.7 Å². The minimum atomic E-state index is 0.707. The lowest BCUT2D eigenvalue weighted by molar-refractivity contribution is 0.226. The first-order valence-corrected chi connectivity index (χ1v) is 10.9. The van der Waals surface area contributed by atoms with Gasteiger partial charge >= 0.3 is 0 Å². The largest absolute Gasteiger partial charge is 0.493 e. The maximum Gasteiger partial charge on any atom is 0.161 e. The van der Waals surface area contributed by atoms with Crippen LogP contribution in [0.3, 0.4) is 0 Å². The van der Waals surface area contributed by atoms with Gasteiger partial charge in [-0.2, -0.15) is 0 Å². The van der Waals surface area contributed by atoms with E-state index in [0.717, 1.165) is 41.7 Å². The molecule has 0 aliphatic heterocycles. The van der Waals surface area contributed by atoms with E-state index in [-0.39, 0.29) is 0 Å². The molecular weight excluding hydrogens is 404 g/mol. The van der Waals surface area contributed by atoms with Crippen LogP contribution in [0.4, 0.5) is 0 Å². The molecule has 0 saturated heterocycles. The van der Waals surface area contributed by atoms with Gasteiger partial charge in [-0.1, -0.05) is 6.07 Å². The van der Waals surface area contributed by atoms with Crippen LogP contribution in [0.1, 0.15) is 16.3 Å². The molecule has 4 rings (SSSR count). The van der Waals surface area contributed by atoms with Crippen LogP contribution in [-0.4, -0.2) is 24.1 Å². The highest BCUT2D eigenvalue weighted by atomic mass is 32.1. The van der Waals surface area contributed by atoms with Crippen LogP contribution < -0.4 is 9.47 Å². The average molecular weight is 427 g/mol. The second kappa shape index (κ2) is 9.26. The number of methoxy groups -OCH3 is 2. The summed E-state index contributed by atoms with van der Waals surface area (Å²) in [5, 5.41) is 5.20. The summed E-state index contributed by atoms with van der Waals surface area (Å²) in [4.78, 5) is 8.53. The van der Waals surface area contributed by atoms with Crippen molar-refractivity contribution in [2.45, 2.75) is 19.6 Å². The standard InChI is InChI=1S/C22H22N2O3S2/c1-25-20-8-7-16(11-21(20)26-2)22-23-17(15-29-22)12-24(13-18-5-3-9-27-18)14-19-6-4-10-28-19/h3-11,15H,12-14H2,1-2H3. The fourth-order valence-electron chi connectivity index (χ4n) is 3.12. The molecule has 0 atom stereocenters. The molecule has 0 N–H and O–H groups in total. The quantitative estimate of drug-likeness (QED) is 0.344. The smallest absolute Gasteiger partial charge is 0.161 e. The zero-order valence-corrected chi connectivity index (χ0v) is 18.0. The Morgan fingerprint density at radius 2 is 1.86 bits per heavy atom. The summed E-state index contributed by atoms with van der Waals surface area (Å²) in [5.41, 5.74) is 2.07. The molecule has 0 spiro atoms. The first-order chi connectivity index (χ1) is 14.2. The van der Waals surface area contributed by atoms with Crippen molar-refractivity contribution in [2.24, 2.45) is 0 Å². The Morgan fingerprint density at radius 3 is 2.59 bits per heavy atom. The van der Waals surface area contributed by atoms with Crippen LogP contribution in [0.2, 0.25) is 0 Å². The van der Waals surface area contributed by atoms with Gasteiger partial charge < -0.3 is 13.9 Å². The zero-order chi connectivity index (χ0) is 20.1. The monoisotopic (exact) mass is 426 g/mol. The Balaban J connectivity index is 1.52. The Bertz CT molecular complexity index is 990. The molecule has 0 radical (unpaired) electrons. The minimum absolute atomic E-state index is 0.707. The number of aromatic nitrogens is 1. The van der Waals surface area contributed by atoms with Crippen LogP contribution in [0.5, 0.6) is 11.5 Å². The second-order valence-corrected chi connectivity index (χ2v) is 8.41. The number of rotatable bonds is 9. The lowest BCUT2D eigenvalue weighted by Crippen LogP contribution is -2.21. The van der Waals surface area contributed by atoms with E-state index in [9.17, 15) is 0 Å². The van der Waals surface area contributed by atoms with Gasteiger partial charge in [-0.05, 0) is 41.8 Å². The van der Waals surface area contributed by atoms with Gasteiger partial charge in [-0.3, -0.25) is 4.90 Å². The Kier molecular flexibility index (Phi) is 6.29. The fourth-order valence-corrected chi connectivity index (χ4v) is 4.68. The average Bonchev–Trinajstić information content (AvgIpc) is 3.51. The lowest BCUT2D eigenvalue weighted by Gasteiger charge is -2.19. The summed E-state index contributed by atoms with van der Waals surface area (Å²) in [6, 6.07) is 14.1. The highest BCUT2D eigenvalue weighted by Crippen LogP contribution is 2.33. The molecule has 0 fully saturated rings. The van der Waals surface area contributed by atoms with Crippen LogP contribution in [0.25, 0.3) is 10.6 Å². The van der Waals surface area contributed by atoms with Crippen molar-refractivity contribution >= 4 is 22.7 Å². The molecule has 0 bridgehead atoms. The van der Waals surface area contributed by atoms with E-state index in [0.29, 0.717) is 11.5 Å². The lowest BCUT2D eigenvalue weighted by atomic mass is 10.2. The first-order valence-electron chi connectivity index (χ1n) is 9.19. The van der Waals surface area contributed by atoms with E-state index in [1.165, 1.54) is 4.88 Å². The van der Waals surface area contributed by atoms with E-state index in [4.69, 9.17) is 18.9 Å². The maximum absolute atomic E-state index is 5.56. The molecule has 0 saturated carbocycles. The van der Waals surface area contributed by atoms with Crippen molar-refractivity contribution in [3.8, 4) is 22.1 Å². The van der Waals surface area contributed by atoms with Crippen molar-refractivity contribution in [2.75, 3.05) is 14.2 Å². The topological polar surface area (TPSA) is 47.7 Å². The van der Waals surface area contributed by atoms with Gasteiger partial charge in [0.15, 0.2) is 11.5 Å². The summed E-state index contributed by atoms with van der Waals surface area (Å²) < 4.78 is 16.3. The fraction of sp³-hybridized carbons (Fsp3) is 0.227. The molecule has 5 nitrogen and oxygen atoms in total. The van der Waals surface area contributed by atoms with E-state index in [2.05, 4.69) is 27.8 Å². The molecule has 0 aliphatic rings. The first kappa shape index (κ1) is 19.7. The number of thiophene rings is 1. The molecule has 0 aliphatic carbocycles. The number of ether oxygens (including phenoxy) is 2. The Labute approximate surface area is 178 Å². The van der Waals surface area contributed by atoms with Crippen LogP contribution in [-0.2, 0) is 19.6 Å². The summed E-state index contributed by atoms with van der Waals surface area (Å²) in [5.74, 6) is 2.38. The molecule has 150 valence electrons. The van der Waals surface area contributed by atoms with Crippen molar-refractivity contribution in [3.05, 3.63) is 75.8 Å². The van der Waals surface area contributed by atoms with Crippen molar-refractivity contribution in [1.82, 2.24) is 9.88 Å². The van der Waals surface area contributed by atoms with E-state index >= 15 is 0 Å². The van der Waals surface area contributed by atoms with Crippen molar-refractivity contribution in [1.29, 1.82) is 0 Å². The summed E-state index contributed by atoms with van der Waals surface area (Å²) in [6.45, 7) is 2.36. The van der Waals surface area contributed by atoms with Gasteiger partial charge in [-0.25, -0.2) is 4.98 Å². The van der Waals surface area contributed by atoms with Crippen LogP contribution in [0, 0.1) is 0 Å². The second-order valence-electron chi connectivity index (χ2n) is 6.52. The van der Waals surface area contributed by atoms with Gasteiger partial charge in [0.05, 0.1) is 32.7 Å². The van der Waals surface area contributed by atoms with Crippen molar-refractivity contribution < 1.29 is 13.9 Å². The van der Waals surface area contributed by atoms with Crippen LogP contribution >= 0.6 is 22.7 Å². The summed E-state index contributed by atoms with van der Waals surface area (Å²) in [6.07, 6.45) is 1.72. The zero-order valence-electron chi connectivity index (χ0n) is 16.3. The van der Waals surface area contributed by atoms with Crippen molar-refractivity contribution in [3.63, 3.8) is 0 Å². The van der Waals surface area contributed by atoms with Gasteiger partial charge in [0.25, 0.3) is 0 Å². The molecular formula is C22H22N2O3S2. The molecule has 29 heavy (non-hydrogen) atoms. The third kappa shape index (κ3) is 4.87. The summed E-state index contributed by atoms with van der Waals surface area (Å²) >= 11 is 3.41. The Hall–Kier alpha value is -2.61. The van der Waals surface area contributed by atoms with Crippen LogP contribution in [0.15, 0.2) is 63.9 Å². The predicted molar refractivity (Wildman–Crippen MR) is 117 cm³/mol. The SMILES string of the molecule is COc1ccc(-c2nc(CN(Cc3ccco3)Cc3cccs3)cs2)cc1OC. The summed E-state index contributed by atoms with van der Waals surface area (Å²) in [7, 11) is 3.28. The van der Waals surface area contributed by atoms with Gasteiger partial charge in [0.1, 0.15) is 10.8 Å². The van der Waals surface area contributed by atoms with Gasteiger partial charge in [0.2, 0.25) is 0 Å². The van der Waals surface area contributed by atoms with E-state index in [1.54, 1.807) is 43.2 Å². The number of hydrogen-bond acceptors (Lipinski definition) is 7. The molecule has 4 aromatic rings. The predicted octanol–water partition coefficient (Wildman–Crippen LogP) is 5.68. The number of benzene rings is 1. The maximum atomic E-state index is 5.56. The normalized spacial score (nSPS) is 11.1. The van der Waals surface area contributed by atoms with E-state index < -0.39 is 0 Å². The number of hydrogen-bond donors (Lipinski definition) is 0. The third-order valence-corrected chi connectivity index (χ3v) is 6.29. The third-order valence-electron chi connectivity index (χ3n) is 4.49. The molecule has 0 unspecified atom stereocenters. The van der Waals surface area contributed by atoms with E-state index in [1.807, 2.05) is 30.3 Å². The molecule has 3 heterocycles. The molecule has 1 aromatic carbocycles. The van der Waals surface area contributed by atoms with Gasteiger partial charge in [0, 0.05) is 28.9 Å². The Morgan fingerprint density at radius 1 is 0.966 bits per heavy atom. The highest BCUT2D eigenvalue weighted by molar-refractivity contribution is 7.13. The minimum Gasteiger partial charge on any atom is -0.493 e. The number of thiazole rings is 1. The number of furan rings is 1. The highest BCUT2D eigenvalue weighted by Gasteiger charge is 2.14. The molecule has 3 aromatic heterocycles. The number of nitrogens with zero attached hydrogens (tertiary/aromatic N) is 2.